The van der Waals surface area contributed by atoms with E-state index in [0.717, 1.165) is 36.3 Å². The summed E-state index contributed by atoms with van der Waals surface area (Å²) in [4.78, 5) is 34.3. The Bertz CT molecular complexity index is 1040. The zero-order chi connectivity index (χ0) is 23.6. The van der Waals surface area contributed by atoms with Crippen LogP contribution in [0.1, 0.15) is 16.7 Å². The van der Waals surface area contributed by atoms with Gasteiger partial charge in [-0.15, -0.1) is 0 Å². The Morgan fingerprint density at radius 2 is 1.50 bits per heavy atom. The van der Waals surface area contributed by atoms with Crippen molar-refractivity contribution in [3.05, 3.63) is 102 Å². The molecule has 4 rings (SSSR count). The van der Waals surface area contributed by atoms with Crippen LogP contribution in [0, 0.1) is 0 Å². The highest BCUT2D eigenvalue weighted by atomic mass is 16.5. The van der Waals surface area contributed by atoms with Gasteiger partial charge in [0.2, 0.25) is 5.91 Å². The molecule has 3 aromatic rings. The summed E-state index contributed by atoms with van der Waals surface area (Å²) in [5, 5.41) is 2.81. The molecule has 1 N–H and O–H groups in total. The van der Waals surface area contributed by atoms with Crippen LogP contribution in [0.15, 0.2) is 85.2 Å². The first kappa shape index (κ1) is 23.4. The number of benzene rings is 2. The van der Waals surface area contributed by atoms with Crippen LogP contribution in [0.4, 0.5) is 4.79 Å². The fourth-order valence-electron chi connectivity index (χ4n) is 4.05. The summed E-state index contributed by atoms with van der Waals surface area (Å²) in [6.07, 6.45) is 3.47. The van der Waals surface area contributed by atoms with Crippen LogP contribution < -0.4 is 5.32 Å². The average molecular weight is 459 g/mol. The molecule has 0 bridgehead atoms. The zero-order valence-electron chi connectivity index (χ0n) is 19.2. The van der Waals surface area contributed by atoms with E-state index in [4.69, 9.17) is 4.74 Å². The van der Waals surface area contributed by atoms with Crippen molar-refractivity contribution in [1.29, 1.82) is 0 Å². The number of hydrogen-bond donors (Lipinski definition) is 1. The van der Waals surface area contributed by atoms with Gasteiger partial charge in [-0.1, -0.05) is 66.7 Å². The maximum absolute atomic E-state index is 13.4. The molecule has 1 aliphatic heterocycles. The van der Waals surface area contributed by atoms with Crippen molar-refractivity contribution in [3.63, 3.8) is 0 Å². The molecule has 1 atom stereocenters. The van der Waals surface area contributed by atoms with E-state index in [2.05, 4.69) is 21.3 Å². The summed E-state index contributed by atoms with van der Waals surface area (Å²) < 4.78 is 5.38. The second-order valence-electron chi connectivity index (χ2n) is 8.41. The molecule has 1 aliphatic rings. The number of piperazine rings is 1. The molecule has 2 aromatic carbocycles. The number of pyridine rings is 1. The van der Waals surface area contributed by atoms with E-state index in [0.29, 0.717) is 19.5 Å². The minimum absolute atomic E-state index is 0.0819. The van der Waals surface area contributed by atoms with Crippen molar-refractivity contribution in [2.24, 2.45) is 0 Å². The third-order valence-corrected chi connectivity index (χ3v) is 5.90. The minimum Gasteiger partial charge on any atom is -0.445 e. The van der Waals surface area contributed by atoms with Crippen LogP contribution in [-0.2, 0) is 29.1 Å². The Labute approximate surface area is 200 Å². The lowest BCUT2D eigenvalue weighted by Crippen LogP contribution is -2.55. The number of rotatable bonds is 8. The van der Waals surface area contributed by atoms with Crippen LogP contribution in [-0.4, -0.2) is 59.0 Å². The second-order valence-corrected chi connectivity index (χ2v) is 8.41. The Kier molecular flexibility index (Phi) is 8.24. The van der Waals surface area contributed by atoms with Crippen LogP contribution in [0.25, 0.3) is 0 Å². The number of amides is 2. The molecule has 7 heteroatoms. The highest BCUT2D eigenvalue weighted by Gasteiger charge is 2.29. The van der Waals surface area contributed by atoms with Gasteiger partial charge in [-0.3, -0.25) is 14.7 Å². The van der Waals surface area contributed by atoms with Gasteiger partial charge >= 0.3 is 6.09 Å². The topological polar surface area (TPSA) is 74.8 Å². The number of nitrogens with one attached hydrogen (secondary N) is 1. The van der Waals surface area contributed by atoms with Crippen LogP contribution in [0.5, 0.6) is 0 Å². The number of nitrogens with zero attached hydrogens (tertiary/aromatic N) is 3. The predicted octanol–water partition coefficient (Wildman–Crippen LogP) is 3.26. The van der Waals surface area contributed by atoms with Crippen LogP contribution >= 0.6 is 0 Å². The molecule has 2 amide bonds. The molecule has 1 saturated heterocycles. The van der Waals surface area contributed by atoms with Gasteiger partial charge in [0.05, 0.1) is 0 Å². The quantitative estimate of drug-likeness (QED) is 0.561. The summed E-state index contributed by atoms with van der Waals surface area (Å²) in [6.45, 7) is 3.75. The molecule has 0 aliphatic carbocycles. The molecule has 0 radical (unpaired) electrons. The number of hydrogen-bond acceptors (Lipinski definition) is 5. The lowest BCUT2D eigenvalue weighted by Gasteiger charge is -2.36. The Hall–Kier alpha value is -3.71. The van der Waals surface area contributed by atoms with Crippen molar-refractivity contribution < 1.29 is 14.3 Å². The molecule has 176 valence electrons. The van der Waals surface area contributed by atoms with Crippen molar-refractivity contribution in [2.45, 2.75) is 25.6 Å². The number of ether oxygens (including phenoxy) is 1. The van der Waals surface area contributed by atoms with E-state index < -0.39 is 12.1 Å². The van der Waals surface area contributed by atoms with E-state index in [9.17, 15) is 9.59 Å². The standard InChI is InChI=1S/C27H30N4O3/c32-26(31-16-14-30(15-17-31)20-24-12-7-13-28-19-24)25(18-22-8-3-1-4-9-22)29-27(33)34-21-23-10-5-2-6-11-23/h1-13,19,25H,14-18,20-21H2,(H,29,33)/t25-/m0/s1. The van der Waals surface area contributed by atoms with Gasteiger partial charge in [-0.25, -0.2) is 4.79 Å². The number of carbonyl (C=O) groups is 2. The van der Waals surface area contributed by atoms with Crippen molar-refractivity contribution in [1.82, 2.24) is 20.1 Å². The first-order chi connectivity index (χ1) is 16.7. The van der Waals surface area contributed by atoms with E-state index in [1.807, 2.05) is 77.8 Å². The summed E-state index contributed by atoms with van der Waals surface area (Å²) in [5.74, 6) is -0.0819. The van der Waals surface area contributed by atoms with Crippen molar-refractivity contribution in [3.8, 4) is 0 Å². The molecule has 1 aromatic heterocycles. The summed E-state index contributed by atoms with van der Waals surface area (Å²) in [7, 11) is 0. The van der Waals surface area contributed by atoms with E-state index >= 15 is 0 Å². The number of alkyl carbamates (subject to hydrolysis) is 1. The largest absolute Gasteiger partial charge is 0.445 e. The molecule has 2 heterocycles. The van der Waals surface area contributed by atoms with Gasteiger partial charge in [0.25, 0.3) is 0 Å². The fourth-order valence-corrected chi connectivity index (χ4v) is 4.05. The molecule has 0 unspecified atom stereocenters. The second kappa shape index (κ2) is 12.0. The zero-order valence-corrected chi connectivity index (χ0v) is 19.2. The number of carbonyl (C=O) groups excluding carboxylic acids is 2. The maximum Gasteiger partial charge on any atom is 0.408 e. The van der Waals surface area contributed by atoms with Gasteiger partial charge in [-0.05, 0) is 22.8 Å². The Morgan fingerprint density at radius 1 is 0.853 bits per heavy atom. The highest BCUT2D eigenvalue weighted by molar-refractivity contribution is 5.86. The third-order valence-electron chi connectivity index (χ3n) is 5.90. The smallest absolute Gasteiger partial charge is 0.408 e. The predicted molar refractivity (Wildman–Crippen MR) is 130 cm³/mol. The molecular weight excluding hydrogens is 428 g/mol. The maximum atomic E-state index is 13.4. The fraction of sp³-hybridized carbons (Fsp3) is 0.296. The van der Waals surface area contributed by atoms with Gasteiger partial charge in [0.15, 0.2) is 0 Å². The lowest BCUT2D eigenvalue weighted by atomic mass is 10.0. The number of aromatic nitrogens is 1. The highest BCUT2D eigenvalue weighted by Crippen LogP contribution is 2.12. The van der Waals surface area contributed by atoms with Crippen molar-refractivity contribution >= 4 is 12.0 Å². The average Bonchev–Trinajstić information content (AvgIpc) is 2.89. The summed E-state index contributed by atoms with van der Waals surface area (Å²) >= 11 is 0. The SMILES string of the molecule is O=C(N[C@@H](Cc1ccccc1)C(=O)N1CCN(Cc2cccnc2)CC1)OCc1ccccc1. The summed E-state index contributed by atoms with van der Waals surface area (Å²) in [5.41, 5.74) is 3.04. The molecular formula is C27H30N4O3. The van der Waals surface area contributed by atoms with Crippen LogP contribution in [0.2, 0.25) is 0 Å². The first-order valence-corrected chi connectivity index (χ1v) is 11.6. The van der Waals surface area contributed by atoms with E-state index in [1.54, 1.807) is 6.20 Å². The first-order valence-electron chi connectivity index (χ1n) is 11.6. The van der Waals surface area contributed by atoms with Crippen LogP contribution in [0.3, 0.4) is 0 Å². The molecule has 7 nitrogen and oxygen atoms in total. The third kappa shape index (κ3) is 6.89. The van der Waals surface area contributed by atoms with E-state index in [-0.39, 0.29) is 12.5 Å². The molecule has 1 fully saturated rings. The van der Waals surface area contributed by atoms with Gasteiger partial charge in [0, 0.05) is 51.5 Å². The molecule has 0 saturated carbocycles. The van der Waals surface area contributed by atoms with Gasteiger partial charge in [-0.2, -0.15) is 0 Å². The lowest BCUT2D eigenvalue weighted by molar-refractivity contribution is -0.135. The van der Waals surface area contributed by atoms with Crippen molar-refractivity contribution in [2.75, 3.05) is 26.2 Å². The Balaban J connectivity index is 1.35. The van der Waals surface area contributed by atoms with Gasteiger partial charge in [0.1, 0.15) is 12.6 Å². The monoisotopic (exact) mass is 458 g/mol. The minimum atomic E-state index is -0.685. The Morgan fingerprint density at radius 3 is 2.15 bits per heavy atom. The molecule has 0 spiro atoms. The van der Waals surface area contributed by atoms with Gasteiger partial charge < -0.3 is 15.0 Å². The van der Waals surface area contributed by atoms with E-state index in [1.165, 1.54) is 0 Å². The summed E-state index contributed by atoms with van der Waals surface area (Å²) in [6, 6.07) is 22.5. The normalized spacial score (nSPS) is 14.9. The molecule has 34 heavy (non-hydrogen) atoms.